The molecule has 2 unspecified atom stereocenters. The Morgan fingerprint density at radius 2 is 1.94 bits per heavy atom. The highest BCUT2D eigenvalue weighted by Gasteiger charge is 2.28. The summed E-state index contributed by atoms with van der Waals surface area (Å²) in [4.78, 5) is 2.61. The van der Waals surface area contributed by atoms with Crippen LogP contribution in [-0.2, 0) is 4.74 Å². The number of nitrogens with one attached hydrogen (secondary N) is 1. The van der Waals surface area contributed by atoms with Crippen LogP contribution in [0.25, 0.3) is 0 Å². The molecule has 0 radical (unpaired) electrons. The molecule has 1 aliphatic heterocycles. The van der Waals surface area contributed by atoms with Crippen molar-refractivity contribution in [1.29, 1.82) is 0 Å². The number of hydrogen-bond donors (Lipinski definition) is 1. The van der Waals surface area contributed by atoms with Crippen LogP contribution in [0.3, 0.4) is 0 Å². The van der Waals surface area contributed by atoms with Crippen LogP contribution in [0.1, 0.15) is 34.6 Å². The van der Waals surface area contributed by atoms with Crippen LogP contribution in [0.4, 0.5) is 0 Å². The summed E-state index contributed by atoms with van der Waals surface area (Å²) < 4.78 is 5.52. The first-order valence-electron chi connectivity index (χ1n) is 7.06. The van der Waals surface area contributed by atoms with Gasteiger partial charge >= 0.3 is 0 Å². The molecule has 0 bridgehead atoms. The Morgan fingerprint density at radius 1 is 1.24 bits per heavy atom. The van der Waals surface area contributed by atoms with Crippen molar-refractivity contribution in [2.24, 2.45) is 11.8 Å². The summed E-state index contributed by atoms with van der Waals surface area (Å²) in [6.07, 6.45) is 0. The molecule has 0 spiro atoms. The molecule has 0 aromatic heterocycles. The average Bonchev–Trinajstić information content (AvgIpc) is 2.25. The van der Waals surface area contributed by atoms with Gasteiger partial charge in [0.15, 0.2) is 0 Å². The molecule has 3 nitrogen and oxygen atoms in total. The summed E-state index contributed by atoms with van der Waals surface area (Å²) in [6.45, 7) is 16.5. The van der Waals surface area contributed by atoms with Gasteiger partial charge in [-0.3, -0.25) is 4.90 Å². The van der Waals surface area contributed by atoms with Crippen molar-refractivity contribution in [1.82, 2.24) is 10.2 Å². The van der Waals surface area contributed by atoms with Crippen LogP contribution >= 0.6 is 0 Å². The van der Waals surface area contributed by atoms with Gasteiger partial charge in [-0.15, -0.1) is 0 Å². The lowest BCUT2D eigenvalue weighted by Crippen LogP contribution is -2.54. The van der Waals surface area contributed by atoms with Gasteiger partial charge in [-0.25, -0.2) is 0 Å². The van der Waals surface area contributed by atoms with Crippen molar-refractivity contribution < 1.29 is 4.74 Å². The summed E-state index contributed by atoms with van der Waals surface area (Å²) >= 11 is 0. The van der Waals surface area contributed by atoms with Crippen molar-refractivity contribution in [2.75, 3.05) is 32.8 Å². The van der Waals surface area contributed by atoms with Gasteiger partial charge in [0.25, 0.3) is 0 Å². The topological polar surface area (TPSA) is 24.5 Å². The van der Waals surface area contributed by atoms with Crippen molar-refractivity contribution in [3.8, 4) is 0 Å². The highest BCUT2D eigenvalue weighted by molar-refractivity contribution is 4.83. The monoisotopic (exact) mass is 242 g/mol. The van der Waals surface area contributed by atoms with E-state index in [2.05, 4.69) is 44.8 Å². The van der Waals surface area contributed by atoms with E-state index in [4.69, 9.17) is 4.74 Å². The molecule has 2 atom stereocenters. The minimum absolute atomic E-state index is 0.553. The molecule has 1 saturated heterocycles. The lowest BCUT2D eigenvalue weighted by atomic mass is 10.00. The molecule has 3 heteroatoms. The number of ether oxygens (including phenoxy) is 1. The van der Waals surface area contributed by atoms with E-state index in [1.165, 1.54) is 0 Å². The third-order valence-corrected chi connectivity index (χ3v) is 3.52. The Labute approximate surface area is 107 Å². The Kier molecular flexibility index (Phi) is 6.45. The number of nitrogens with zero attached hydrogens (tertiary/aromatic N) is 1. The SMILES string of the molecule is CC(C)CNCC(C(C)C)N1CCOCC1C. The first-order valence-corrected chi connectivity index (χ1v) is 7.06. The van der Waals surface area contributed by atoms with Gasteiger partial charge in [-0.2, -0.15) is 0 Å². The second-order valence-corrected chi connectivity index (χ2v) is 6.03. The highest BCUT2D eigenvalue weighted by Crippen LogP contribution is 2.16. The maximum absolute atomic E-state index is 5.52. The molecular weight excluding hydrogens is 212 g/mol. The van der Waals surface area contributed by atoms with Crippen molar-refractivity contribution in [3.63, 3.8) is 0 Å². The maximum Gasteiger partial charge on any atom is 0.0619 e. The molecule has 0 aromatic rings. The van der Waals surface area contributed by atoms with Crippen LogP contribution in [0.15, 0.2) is 0 Å². The molecular formula is C14H30N2O. The van der Waals surface area contributed by atoms with E-state index in [1.54, 1.807) is 0 Å². The van der Waals surface area contributed by atoms with E-state index >= 15 is 0 Å². The summed E-state index contributed by atoms with van der Waals surface area (Å²) in [6, 6.07) is 1.18. The van der Waals surface area contributed by atoms with E-state index in [1.807, 2.05) is 0 Å². The quantitative estimate of drug-likeness (QED) is 0.771. The summed E-state index contributed by atoms with van der Waals surface area (Å²) in [7, 11) is 0. The fraction of sp³-hybridized carbons (Fsp3) is 1.00. The van der Waals surface area contributed by atoms with Crippen LogP contribution in [0.5, 0.6) is 0 Å². The normalized spacial score (nSPS) is 24.5. The van der Waals surface area contributed by atoms with Crippen molar-refractivity contribution in [2.45, 2.75) is 46.7 Å². The highest BCUT2D eigenvalue weighted by atomic mass is 16.5. The van der Waals surface area contributed by atoms with E-state index in [0.717, 1.165) is 38.8 Å². The zero-order valence-corrected chi connectivity index (χ0v) is 12.2. The standard InChI is InChI=1S/C14H30N2O/c1-11(2)8-15-9-14(12(3)4)16-6-7-17-10-13(16)5/h11-15H,6-10H2,1-5H3. The minimum atomic E-state index is 0.553. The predicted octanol–water partition coefficient (Wildman–Crippen LogP) is 1.98. The second kappa shape index (κ2) is 7.34. The fourth-order valence-electron chi connectivity index (χ4n) is 2.49. The molecule has 1 aliphatic rings. The summed E-state index contributed by atoms with van der Waals surface area (Å²) in [5.74, 6) is 1.42. The zero-order valence-electron chi connectivity index (χ0n) is 12.2. The summed E-state index contributed by atoms with van der Waals surface area (Å²) in [5, 5.41) is 3.60. The molecule has 1 rings (SSSR count). The molecule has 0 saturated carbocycles. The van der Waals surface area contributed by atoms with E-state index in [-0.39, 0.29) is 0 Å². The van der Waals surface area contributed by atoms with Crippen LogP contribution in [0, 0.1) is 11.8 Å². The minimum Gasteiger partial charge on any atom is -0.379 e. The Morgan fingerprint density at radius 3 is 2.47 bits per heavy atom. The molecule has 0 aliphatic carbocycles. The fourth-order valence-corrected chi connectivity index (χ4v) is 2.49. The maximum atomic E-state index is 5.52. The molecule has 1 N–H and O–H groups in total. The Hall–Kier alpha value is -0.120. The molecule has 0 amide bonds. The van der Waals surface area contributed by atoms with Gasteiger partial charge in [-0.05, 0) is 25.3 Å². The van der Waals surface area contributed by atoms with Crippen molar-refractivity contribution in [3.05, 3.63) is 0 Å². The van der Waals surface area contributed by atoms with Crippen LogP contribution < -0.4 is 5.32 Å². The number of hydrogen-bond acceptors (Lipinski definition) is 3. The van der Waals surface area contributed by atoms with Crippen molar-refractivity contribution >= 4 is 0 Å². The molecule has 17 heavy (non-hydrogen) atoms. The van der Waals surface area contributed by atoms with E-state index in [0.29, 0.717) is 18.0 Å². The van der Waals surface area contributed by atoms with Crippen LogP contribution in [-0.4, -0.2) is 49.8 Å². The first kappa shape index (κ1) is 14.9. The molecule has 0 aromatic carbocycles. The lowest BCUT2D eigenvalue weighted by molar-refractivity contribution is -0.0312. The zero-order chi connectivity index (χ0) is 12.8. The third-order valence-electron chi connectivity index (χ3n) is 3.52. The smallest absolute Gasteiger partial charge is 0.0619 e. The Bertz CT molecular complexity index is 206. The largest absolute Gasteiger partial charge is 0.379 e. The number of morpholine rings is 1. The molecule has 1 heterocycles. The molecule has 102 valence electrons. The van der Waals surface area contributed by atoms with Gasteiger partial charge in [0.2, 0.25) is 0 Å². The van der Waals surface area contributed by atoms with Crippen LogP contribution in [0.2, 0.25) is 0 Å². The van der Waals surface area contributed by atoms with Gasteiger partial charge in [-0.1, -0.05) is 27.7 Å². The van der Waals surface area contributed by atoms with E-state index < -0.39 is 0 Å². The van der Waals surface area contributed by atoms with Gasteiger partial charge in [0.1, 0.15) is 0 Å². The third kappa shape index (κ3) is 4.94. The second-order valence-electron chi connectivity index (χ2n) is 6.03. The number of rotatable bonds is 6. The lowest BCUT2D eigenvalue weighted by Gasteiger charge is -2.41. The van der Waals surface area contributed by atoms with Gasteiger partial charge in [0, 0.05) is 25.2 Å². The molecule has 1 fully saturated rings. The summed E-state index contributed by atoms with van der Waals surface area (Å²) in [5.41, 5.74) is 0. The van der Waals surface area contributed by atoms with Gasteiger partial charge < -0.3 is 10.1 Å². The van der Waals surface area contributed by atoms with E-state index in [9.17, 15) is 0 Å². The first-order chi connectivity index (χ1) is 8.02. The van der Waals surface area contributed by atoms with Gasteiger partial charge in [0.05, 0.1) is 13.2 Å². The predicted molar refractivity (Wildman–Crippen MR) is 73.3 cm³/mol. The Balaban J connectivity index is 2.46. The average molecular weight is 242 g/mol.